The minimum absolute atomic E-state index is 0.103. The molecule has 0 aliphatic heterocycles. The van der Waals surface area contributed by atoms with Gasteiger partial charge in [0.2, 0.25) is 0 Å². The second kappa shape index (κ2) is 6.46. The average molecular weight is 308 g/mol. The second-order valence-corrected chi connectivity index (χ2v) is 5.07. The van der Waals surface area contributed by atoms with Gasteiger partial charge in [0.25, 0.3) is 5.56 Å². The predicted molar refractivity (Wildman–Crippen MR) is 77.7 cm³/mol. The van der Waals surface area contributed by atoms with Crippen LogP contribution in [-0.2, 0) is 18.3 Å². The van der Waals surface area contributed by atoms with E-state index in [9.17, 15) is 14.0 Å². The van der Waals surface area contributed by atoms with Crippen molar-refractivity contribution >= 4 is 5.97 Å². The number of methoxy groups -OCH3 is 1. The molecule has 0 spiro atoms. The lowest BCUT2D eigenvalue weighted by atomic mass is 9.91. The Morgan fingerprint density at radius 3 is 2.68 bits per heavy atom. The Hall–Kier alpha value is -2.57. The molecule has 1 aromatic heterocycles. The maximum absolute atomic E-state index is 13.8. The number of hydrogen-bond acceptors (Lipinski definition) is 3. The van der Waals surface area contributed by atoms with Gasteiger partial charge in [-0.05, 0) is 30.0 Å². The zero-order chi connectivity index (χ0) is 16.3. The van der Waals surface area contributed by atoms with Crippen LogP contribution in [0.5, 0.6) is 5.75 Å². The largest absolute Gasteiger partial charge is 0.494 e. The monoisotopic (exact) mass is 308 g/mol. The molecule has 0 bridgehead atoms. The lowest BCUT2D eigenvalue weighted by Gasteiger charge is -2.15. The number of hydrogen-bond donors (Lipinski definition) is 2. The summed E-state index contributed by atoms with van der Waals surface area (Å²) in [6.45, 7) is 0. The molecule has 1 aromatic carbocycles. The summed E-state index contributed by atoms with van der Waals surface area (Å²) in [5.74, 6) is -1.88. The number of halogens is 1. The molecule has 2 rings (SSSR count). The van der Waals surface area contributed by atoms with Crippen LogP contribution >= 0.6 is 0 Å². The molecule has 7 heteroatoms. The minimum atomic E-state index is -0.987. The standard InChI is InChI=1S/C15H17FN2O4/c1-18-14(19)8-11(17-18)5-10(7-15(20)21)9-3-4-13(22-2)12(16)6-9/h3-4,6,8,10,17H,5,7H2,1-2H3,(H,20,21)/t10-/m0/s1. The molecule has 2 aromatic rings. The topological polar surface area (TPSA) is 84.3 Å². The van der Waals surface area contributed by atoms with E-state index in [4.69, 9.17) is 9.84 Å². The van der Waals surface area contributed by atoms with Gasteiger partial charge in [-0.1, -0.05) is 6.07 Å². The molecular formula is C15H17FN2O4. The van der Waals surface area contributed by atoms with Crippen LogP contribution in [0.2, 0.25) is 0 Å². The normalized spacial score (nSPS) is 12.1. The van der Waals surface area contributed by atoms with Crippen molar-refractivity contribution in [3.05, 3.63) is 51.7 Å². The van der Waals surface area contributed by atoms with E-state index in [0.29, 0.717) is 17.7 Å². The number of ether oxygens (including phenoxy) is 1. The first kappa shape index (κ1) is 15.8. The highest BCUT2D eigenvalue weighted by Gasteiger charge is 2.19. The van der Waals surface area contributed by atoms with E-state index < -0.39 is 17.7 Å². The summed E-state index contributed by atoms with van der Waals surface area (Å²) in [7, 11) is 2.94. The summed E-state index contributed by atoms with van der Waals surface area (Å²) < 4.78 is 20.0. The number of benzene rings is 1. The first-order valence-corrected chi connectivity index (χ1v) is 6.71. The van der Waals surface area contributed by atoms with Gasteiger partial charge in [-0.15, -0.1) is 0 Å². The van der Waals surface area contributed by atoms with E-state index >= 15 is 0 Å². The number of rotatable bonds is 6. The first-order chi connectivity index (χ1) is 10.4. The highest BCUT2D eigenvalue weighted by Crippen LogP contribution is 2.27. The van der Waals surface area contributed by atoms with Gasteiger partial charge in [-0.25, -0.2) is 4.39 Å². The summed E-state index contributed by atoms with van der Waals surface area (Å²) >= 11 is 0. The molecule has 0 aliphatic rings. The molecule has 0 unspecified atom stereocenters. The molecule has 2 N–H and O–H groups in total. The van der Waals surface area contributed by atoms with Gasteiger partial charge in [0, 0.05) is 18.8 Å². The van der Waals surface area contributed by atoms with Crippen molar-refractivity contribution in [1.82, 2.24) is 9.78 Å². The summed E-state index contributed by atoms with van der Waals surface area (Å²) in [6, 6.07) is 5.78. The van der Waals surface area contributed by atoms with E-state index in [1.54, 1.807) is 13.1 Å². The molecule has 1 heterocycles. The quantitative estimate of drug-likeness (QED) is 0.850. The number of nitrogens with zero attached hydrogens (tertiary/aromatic N) is 1. The highest BCUT2D eigenvalue weighted by molar-refractivity contribution is 5.68. The molecule has 0 amide bonds. The van der Waals surface area contributed by atoms with Crippen LogP contribution in [0.25, 0.3) is 0 Å². The number of carboxylic acid groups (broad SMARTS) is 1. The van der Waals surface area contributed by atoms with E-state index in [2.05, 4.69) is 5.10 Å². The maximum Gasteiger partial charge on any atom is 0.303 e. The maximum atomic E-state index is 13.8. The third-order valence-corrected chi connectivity index (χ3v) is 3.47. The lowest BCUT2D eigenvalue weighted by molar-refractivity contribution is -0.137. The third-order valence-electron chi connectivity index (χ3n) is 3.47. The Morgan fingerprint density at radius 2 is 2.18 bits per heavy atom. The lowest BCUT2D eigenvalue weighted by Crippen LogP contribution is -2.11. The Morgan fingerprint density at radius 1 is 1.45 bits per heavy atom. The van der Waals surface area contributed by atoms with Gasteiger partial charge in [0.1, 0.15) is 0 Å². The fourth-order valence-electron chi connectivity index (χ4n) is 2.37. The molecule has 0 aliphatic carbocycles. The van der Waals surface area contributed by atoms with Gasteiger partial charge >= 0.3 is 5.97 Å². The average Bonchev–Trinajstić information content (AvgIpc) is 2.76. The smallest absolute Gasteiger partial charge is 0.303 e. The number of aryl methyl sites for hydroxylation is 1. The van der Waals surface area contributed by atoms with Crippen molar-refractivity contribution in [3.8, 4) is 5.75 Å². The molecule has 6 nitrogen and oxygen atoms in total. The fourth-order valence-corrected chi connectivity index (χ4v) is 2.37. The Balaban J connectivity index is 2.31. The number of aromatic amines is 1. The van der Waals surface area contributed by atoms with Crippen molar-refractivity contribution in [1.29, 1.82) is 0 Å². The molecular weight excluding hydrogens is 291 g/mol. The summed E-state index contributed by atoms with van der Waals surface area (Å²) in [4.78, 5) is 22.5. The number of carbonyl (C=O) groups is 1. The Bertz CT molecular complexity index is 735. The highest BCUT2D eigenvalue weighted by atomic mass is 19.1. The van der Waals surface area contributed by atoms with Gasteiger partial charge in [0.05, 0.1) is 13.5 Å². The van der Waals surface area contributed by atoms with Gasteiger partial charge < -0.3 is 9.84 Å². The van der Waals surface area contributed by atoms with E-state index in [1.807, 2.05) is 0 Å². The van der Waals surface area contributed by atoms with Crippen LogP contribution in [0.3, 0.4) is 0 Å². The van der Waals surface area contributed by atoms with Crippen molar-refractivity contribution in [2.45, 2.75) is 18.8 Å². The summed E-state index contributed by atoms with van der Waals surface area (Å²) in [6.07, 6.45) is 0.136. The van der Waals surface area contributed by atoms with Gasteiger partial charge in [-0.3, -0.25) is 19.4 Å². The second-order valence-electron chi connectivity index (χ2n) is 5.07. The number of H-pyrrole nitrogens is 1. The summed E-state index contributed by atoms with van der Waals surface area (Å²) in [5.41, 5.74) is 0.949. The zero-order valence-electron chi connectivity index (χ0n) is 12.3. The van der Waals surface area contributed by atoms with Crippen LogP contribution in [0.15, 0.2) is 29.1 Å². The Kier molecular flexibility index (Phi) is 4.65. The van der Waals surface area contributed by atoms with Crippen molar-refractivity contribution in [2.75, 3.05) is 7.11 Å². The third kappa shape index (κ3) is 3.55. The minimum Gasteiger partial charge on any atom is -0.494 e. The number of aliphatic carboxylic acids is 1. The zero-order valence-corrected chi connectivity index (χ0v) is 12.3. The van der Waals surface area contributed by atoms with Crippen molar-refractivity contribution < 1.29 is 19.0 Å². The molecule has 0 fully saturated rings. The van der Waals surface area contributed by atoms with Crippen molar-refractivity contribution in [2.24, 2.45) is 7.05 Å². The summed E-state index contributed by atoms with van der Waals surface area (Å²) in [5, 5.41) is 11.9. The molecule has 0 saturated carbocycles. The van der Waals surface area contributed by atoms with E-state index in [1.165, 1.54) is 30.0 Å². The molecule has 22 heavy (non-hydrogen) atoms. The predicted octanol–water partition coefficient (Wildman–Crippen LogP) is 1.66. The van der Waals surface area contributed by atoms with Crippen LogP contribution in [-0.4, -0.2) is 28.0 Å². The SMILES string of the molecule is COc1ccc([C@H](CC(=O)O)Cc2cc(=O)n(C)[nH]2)cc1F. The van der Waals surface area contributed by atoms with Gasteiger partial charge in [-0.2, -0.15) is 0 Å². The van der Waals surface area contributed by atoms with E-state index in [-0.39, 0.29) is 17.7 Å². The van der Waals surface area contributed by atoms with E-state index in [0.717, 1.165) is 0 Å². The molecule has 1 atom stereocenters. The number of nitrogens with one attached hydrogen (secondary N) is 1. The molecule has 0 saturated heterocycles. The first-order valence-electron chi connectivity index (χ1n) is 6.71. The van der Waals surface area contributed by atoms with Gasteiger partial charge in [0.15, 0.2) is 11.6 Å². The van der Waals surface area contributed by atoms with Crippen LogP contribution < -0.4 is 10.3 Å². The van der Waals surface area contributed by atoms with Crippen molar-refractivity contribution in [3.63, 3.8) is 0 Å². The Labute approximate surface area is 126 Å². The molecule has 0 radical (unpaired) electrons. The number of aromatic nitrogens is 2. The van der Waals surface area contributed by atoms with Crippen LogP contribution in [0.4, 0.5) is 4.39 Å². The fraction of sp³-hybridized carbons (Fsp3) is 0.333. The molecule has 118 valence electrons. The van der Waals surface area contributed by atoms with Crippen LogP contribution in [0.1, 0.15) is 23.6 Å². The van der Waals surface area contributed by atoms with Crippen LogP contribution in [0, 0.1) is 5.82 Å². The number of carboxylic acids is 1.